The second-order valence-electron chi connectivity index (χ2n) is 8.44. The Labute approximate surface area is 180 Å². The Balaban J connectivity index is 1.83. The Morgan fingerprint density at radius 3 is 2.42 bits per heavy atom. The molecule has 2 aromatic rings. The van der Waals surface area contributed by atoms with Gasteiger partial charge in [0.15, 0.2) is 0 Å². The highest BCUT2D eigenvalue weighted by Crippen LogP contribution is 2.37. The first-order chi connectivity index (χ1) is 14.6. The van der Waals surface area contributed by atoms with Gasteiger partial charge >= 0.3 is 6.18 Å². The highest BCUT2D eigenvalue weighted by Gasteiger charge is 2.41. The lowest BCUT2D eigenvalue weighted by atomic mass is 9.87. The third-order valence-corrected chi connectivity index (χ3v) is 5.53. The van der Waals surface area contributed by atoms with E-state index in [9.17, 15) is 22.8 Å². The number of benzene rings is 2. The number of carbonyl (C=O) groups is 2. The highest BCUT2D eigenvalue weighted by molar-refractivity contribution is 5.84. The molecule has 0 bridgehead atoms. The van der Waals surface area contributed by atoms with Gasteiger partial charge in [0.2, 0.25) is 11.8 Å². The Morgan fingerprint density at radius 1 is 1.06 bits per heavy atom. The number of halogens is 3. The molecule has 31 heavy (non-hydrogen) atoms. The van der Waals surface area contributed by atoms with Crippen molar-refractivity contribution < 1.29 is 22.8 Å². The molecule has 4 nitrogen and oxygen atoms in total. The average Bonchev–Trinajstić information content (AvgIpc) is 3.18. The molecule has 0 aliphatic carbocycles. The molecular formula is C24H27F3N2O2. The summed E-state index contributed by atoms with van der Waals surface area (Å²) in [6, 6.07) is 14.3. The van der Waals surface area contributed by atoms with E-state index in [-0.39, 0.29) is 37.2 Å². The first kappa shape index (κ1) is 22.8. The molecular weight excluding hydrogens is 405 g/mol. The minimum Gasteiger partial charge on any atom is -0.356 e. The maximum Gasteiger partial charge on any atom is 0.416 e. The summed E-state index contributed by atoms with van der Waals surface area (Å²) in [5, 5.41) is 2.88. The monoisotopic (exact) mass is 432 g/mol. The van der Waals surface area contributed by atoms with E-state index in [4.69, 9.17) is 0 Å². The molecule has 1 N–H and O–H groups in total. The fourth-order valence-electron chi connectivity index (χ4n) is 3.87. The number of hydrogen-bond acceptors (Lipinski definition) is 2. The van der Waals surface area contributed by atoms with Gasteiger partial charge in [0.05, 0.1) is 17.9 Å². The average molecular weight is 432 g/mol. The van der Waals surface area contributed by atoms with Crippen LogP contribution in [0.1, 0.15) is 36.5 Å². The second kappa shape index (κ2) is 9.54. The molecule has 2 aromatic carbocycles. The number of carbonyl (C=O) groups excluding carboxylic acids is 2. The van der Waals surface area contributed by atoms with Crippen LogP contribution in [-0.4, -0.2) is 36.3 Å². The van der Waals surface area contributed by atoms with Gasteiger partial charge in [-0.2, -0.15) is 13.2 Å². The van der Waals surface area contributed by atoms with E-state index in [1.54, 1.807) is 11.0 Å². The van der Waals surface area contributed by atoms with Crippen LogP contribution >= 0.6 is 0 Å². The number of likely N-dealkylation sites (tertiary alicyclic amines) is 1. The van der Waals surface area contributed by atoms with Crippen LogP contribution in [0, 0.1) is 11.8 Å². The van der Waals surface area contributed by atoms with Gasteiger partial charge in [-0.3, -0.25) is 9.59 Å². The van der Waals surface area contributed by atoms with Crippen LogP contribution in [0.5, 0.6) is 0 Å². The molecule has 2 unspecified atom stereocenters. The molecule has 166 valence electrons. The van der Waals surface area contributed by atoms with Crippen molar-refractivity contribution in [1.82, 2.24) is 10.2 Å². The van der Waals surface area contributed by atoms with E-state index < -0.39 is 23.6 Å². The number of amides is 2. The normalized spacial score (nSPS) is 19.0. The molecule has 0 aromatic heterocycles. The maximum atomic E-state index is 13.2. The molecule has 0 radical (unpaired) electrons. The zero-order valence-corrected chi connectivity index (χ0v) is 17.7. The molecule has 1 aliphatic heterocycles. The molecule has 1 saturated heterocycles. The van der Waals surface area contributed by atoms with Gasteiger partial charge in [0.25, 0.3) is 0 Å². The third kappa shape index (κ3) is 5.87. The molecule has 2 amide bonds. The van der Waals surface area contributed by atoms with Gasteiger partial charge in [0.1, 0.15) is 0 Å². The molecule has 1 heterocycles. The molecule has 3 rings (SSSR count). The molecule has 1 fully saturated rings. The fourth-order valence-corrected chi connectivity index (χ4v) is 3.87. The summed E-state index contributed by atoms with van der Waals surface area (Å²) < 4.78 is 39.7. The fraction of sp³-hybridized carbons (Fsp3) is 0.417. The number of rotatable bonds is 6. The van der Waals surface area contributed by atoms with Crippen molar-refractivity contribution in [2.75, 3.05) is 19.6 Å². The first-order valence-corrected chi connectivity index (χ1v) is 10.4. The minimum absolute atomic E-state index is 0.137. The summed E-state index contributed by atoms with van der Waals surface area (Å²) in [6.07, 6.45) is -4.27. The Hall–Kier alpha value is -2.83. The highest BCUT2D eigenvalue weighted by atomic mass is 19.4. The van der Waals surface area contributed by atoms with Crippen LogP contribution in [0.4, 0.5) is 13.2 Å². The van der Waals surface area contributed by atoms with Gasteiger partial charge in [-0.15, -0.1) is 0 Å². The zero-order valence-electron chi connectivity index (χ0n) is 17.7. The molecule has 1 aliphatic rings. The first-order valence-electron chi connectivity index (χ1n) is 10.4. The molecule has 2 atom stereocenters. The van der Waals surface area contributed by atoms with Gasteiger partial charge in [-0.05, 0) is 23.1 Å². The lowest BCUT2D eigenvalue weighted by molar-refractivity contribution is -0.137. The summed E-state index contributed by atoms with van der Waals surface area (Å²) in [6.45, 7) is 4.82. The number of nitrogens with zero attached hydrogens (tertiary/aromatic N) is 1. The van der Waals surface area contributed by atoms with Crippen molar-refractivity contribution in [3.63, 3.8) is 0 Å². The van der Waals surface area contributed by atoms with Gasteiger partial charge in [-0.1, -0.05) is 62.4 Å². The van der Waals surface area contributed by atoms with Crippen molar-refractivity contribution in [3.05, 3.63) is 71.3 Å². The zero-order chi connectivity index (χ0) is 22.6. The summed E-state index contributed by atoms with van der Waals surface area (Å²) in [5.41, 5.74) is 0.533. The molecule has 0 saturated carbocycles. The SMILES string of the molecule is CC(C)CNC(=O)C1CN(C(=O)Cc2ccccc2)CC1c1cccc(C(F)(F)F)c1. The molecule has 0 spiro atoms. The summed E-state index contributed by atoms with van der Waals surface area (Å²) >= 11 is 0. The summed E-state index contributed by atoms with van der Waals surface area (Å²) in [5.74, 6) is -1.21. The minimum atomic E-state index is -4.47. The maximum absolute atomic E-state index is 13.2. The van der Waals surface area contributed by atoms with Crippen LogP contribution in [-0.2, 0) is 22.2 Å². The van der Waals surface area contributed by atoms with Crippen LogP contribution in [0.2, 0.25) is 0 Å². The summed E-state index contributed by atoms with van der Waals surface area (Å²) in [4.78, 5) is 27.3. The molecule has 7 heteroatoms. The van der Waals surface area contributed by atoms with E-state index in [1.807, 2.05) is 44.2 Å². The predicted molar refractivity (Wildman–Crippen MR) is 112 cm³/mol. The Bertz CT molecular complexity index is 913. The lowest BCUT2D eigenvalue weighted by Gasteiger charge is -2.20. The van der Waals surface area contributed by atoms with Gasteiger partial charge in [-0.25, -0.2) is 0 Å². The van der Waals surface area contributed by atoms with E-state index in [0.717, 1.165) is 17.7 Å². The number of hydrogen-bond donors (Lipinski definition) is 1. The van der Waals surface area contributed by atoms with E-state index in [1.165, 1.54) is 6.07 Å². The van der Waals surface area contributed by atoms with Crippen molar-refractivity contribution in [3.8, 4) is 0 Å². The standard InChI is InChI=1S/C24H27F3N2O2/c1-16(2)13-28-23(31)21-15-29(22(30)11-17-7-4-3-5-8-17)14-20(21)18-9-6-10-19(12-18)24(25,26)27/h3-10,12,16,20-21H,11,13-15H2,1-2H3,(H,28,31). The van der Waals surface area contributed by atoms with Crippen LogP contribution in [0.3, 0.4) is 0 Å². The van der Waals surface area contributed by atoms with E-state index in [2.05, 4.69) is 5.32 Å². The summed E-state index contributed by atoms with van der Waals surface area (Å²) in [7, 11) is 0. The smallest absolute Gasteiger partial charge is 0.356 e. The largest absolute Gasteiger partial charge is 0.416 e. The van der Waals surface area contributed by atoms with Crippen molar-refractivity contribution >= 4 is 11.8 Å². The predicted octanol–water partition coefficient (Wildman–Crippen LogP) is 4.26. The lowest BCUT2D eigenvalue weighted by Crippen LogP contribution is -2.37. The van der Waals surface area contributed by atoms with Gasteiger partial charge < -0.3 is 10.2 Å². The van der Waals surface area contributed by atoms with Crippen LogP contribution in [0.15, 0.2) is 54.6 Å². The quantitative estimate of drug-likeness (QED) is 0.742. The topological polar surface area (TPSA) is 49.4 Å². The van der Waals surface area contributed by atoms with Crippen molar-refractivity contribution in [2.24, 2.45) is 11.8 Å². The van der Waals surface area contributed by atoms with Gasteiger partial charge in [0, 0.05) is 25.6 Å². The third-order valence-electron chi connectivity index (χ3n) is 5.53. The van der Waals surface area contributed by atoms with E-state index in [0.29, 0.717) is 12.1 Å². The Kier molecular flexibility index (Phi) is 7.03. The van der Waals surface area contributed by atoms with Crippen molar-refractivity contribution in [1.29, 1.82) is 0 Å². The number of alkyl halides is 3. The Morgan fingerprint density at radius 2 is 1.77 bits per heavy atom. The van der Waals surface area contributed by atoms with E-state index >= 15 is 0 Å². The second-order valence-corrected chi connectivity index (χ2v) is 8.44. The van der Waals surface area contributed by atoms with Crippen LogP contribution < -0.4 is 5.32 Å². The van der Waals surface area contributed by atoms with Crippen molar-refractivity contribution in [2.45, 2.75) is 32.4 Å². The number of nitrogens with one attached hydrogen (secondary N) is 1. The van der Waals surface area contributed by atoms with Crippen LogP contribution in [0.25, 0.3) is 0 Å².